The van der Waals surface area contributed by atoms with Gasteiger partial charge in [-0.1, -0.05) is 13.8 Å². The normalized spacial score (nSPS) is 27.8. The molecule has 204 valence electrons. The zero-order valence-corrected chi connectivity index (χ0v) is 22.8. The van der Waals surface area contributed by atoms with Crippen LogP contribution in [0.5, 0.6) is 0 Å². The Morgan fingerprint density at radius 1 is 1.11 bits per heavy atom. The molecule has 0 aromatic heterocycles. The highest BCUT2D eigenvalue weighted by Crippen LogP contribution is 2.38. The molecule has 1 saturated heterocycles. The van der Waals surface area contributed by atoms with Crippen molar-refractivity contribution < 1.29 is 43.2 Å². The summed E-state index contributed by atoms with van der Waals surface area (Å²) in [5.41, 5.74) is -0.917. The molecule has 5 atom stereocenters. The maximum Gasteiger partial charge on any atom is 0.303 e. The summed E-state index contributed by atoms with van der Waals surface area (Å²) < 4.78 is 22.3. The fraction of sp³-hybridized carbons (Fsp3) is 0.680. The van der Waals surface area contributed by atoms with Crippen LogP contribution in [0.15, 0.2) is 16.3 Å². The number of ether oxygens (including phenoxy) is 4. The van der Waals surface area contributed by atoms with E-state index in [1.165, 1.54) is 32.5 Å². The van der Waals surface area contributed by atoms with Crippen molar-refractivity contribution in [2.24, 2.45) is 10.4 Å². The molecule has 1 aliphatic heterocycles. The Hall–Kier alpha value is -2.91. The molecule has 0 amide bonds. The van der Waals surface area contributed by atoms with Gasteiger partial charge in [0.25, 0.3) is 0 Å². The number of hydrogen-bond donors (Lipinski definition) is 1. The van der Waals surface area contributed by atoms with Gasteiger partial charge in [-0.05, 0) is 12.3 Å². The minimum absolute atomic E-state index is 0.0822. The third kappa shape index (κ3) is 8.57. The van der Waals surface area contributed by atoms with Crippen LogP contribution in [-0.2, 0) is 38.1 Å². The van der Waals surface area contributed by atoms with Gasteiger partial charge in [0.05, 0.1) is 11.6 Å². The lowest BCUT2D eigenvalue weighted by molar-refractivity contribution is -0.208. The molecule has 0 aromatic carbocycles. The molecule has 0 unspecified atom stereocenters. The van der Waals surface area contributed by atoms with Crippen LogP contribution in [0.3, 0.4) is 0 Å². The summed E-state index contributed by atoms with van der Waals surface area (Å²) in [6, 6.07) is 1.06. The van der Waals surface area contributed by atoms with Crippen LogP contribution in [-0.4, -0.2) is 76.7 Å². The zero-order valence-electron chi connectivity index (χ0n) is 21.9. The van der Waals surface area contributed by atoms with E-state index in [1.54, 1.807) is 6.92 Å². The quantitative estimate of drug-likeness (QED) is 0.199. The average molecular weight is 539 g/mol. The number of nitriles is 1. The summed E-state index contributed by atoms with van der Waals surface area (Å²) in [4.78, 5) is 53.1. The van der Waals surface area contributed by atoms with Crippen molar-refractivity contribution in [3.05, 3.63) is 11.3 Å². The number of carbonyl (C=O) groups is 4. The van der Waals surface area contributed by atoms with Crippen LogP contribution < -0.4 is 0 Å². The topological polar surface area (TPSA) is 162 Å². The Kier molecular flexibility index (Phi) is 10.7. The molecule has 0 aromatic rings. The summed E-state index contributed by atoms with van der Waals surface area (Å²) in [7, 11) is 0. The zero-order chi connectivity index (χ0) is 27.9. The van der Waals surface area contributed by atoms with Crippen LogP contribution >= 0.6 is 11.8 Å². The van der Waals surface area contributed by atoms with E-state index in [4.69, 9.17) is 24.2 Å². The molecular weight excluding hydrogens is 504 g/mol. The van der Waals surface area contributed by atoms with Gasteiger partial charge in [0.2, 0.25) is 0 Å². The third-order valence-electron chi connectivity index (χ3n) is 5.72. The minimum Gasteiger partial charge on any atom is -0.511 e. The molecule has 2 aliphatic rings. The van der Waals surface area contributed by atoms with Crippen molar-refractivity contribution in [3.63, 3.8) is 0 Å². The van der Waals surface area contributed by atoms with Crippen molar-refractivity contribution in [1.29, 1.82) is 5.26 Å². The lowest BCUT2D eigenvalue weighted by Crippen LogP contribution is -2.60. The number of esters is 3. The van der Waals surface area contributed by atoms with Crippen LogP contribution in [0.25, 0.3) is 0 Å². The number of nitrogens with zero attached hydrogens (tertiary/aromatic N) is 2. The Bertz CT molecular complexity index is 1010. The number of allylic oxidation sites excluding steroid dienone is 2. The number of hydrogen-bond acceptors (Lipinski definition) is 12. The number of carbonyl (C=O) groups excluding carboxylic acids is 4. The summed E-state index contributed by atoms with van der Waals surface area (Å²) >= 11 is 1.22. The fourth-order valence-electron chi connectivity index (χ4n) is 4.37. The van der Waals surface area contributed by atoms with E-state index >= 15 is 0 Å². The van der Waals surface area contributed by atoms with Gasteiger partial charge in [-0.2, -0.15) is 5.26 Å². The van der Waals surface area contributed by atoms with E-state index in [1.807, 2.05) is 19.9 Å². The lowest BCUT2D eigenvalue weighted by Gasteiger charge is -2.43. The number of ketones is 1. The molecule has 0 bridgehead atoms. The largest absolute Gasteiger partial charge is 0.511 e. The van der Waals surface area contributed by atoms with E-state index in [0.717, 1.165) is 0 Å². The van der Waals surface area contributed by atoms with Crippen LogP contribution in [0.1, 0.15) is 60.8 Å². The predicted molar refractivity (Wildman–Crippen MR) is 134 cm³/mol. The highest BCUT2D eigenvalue weighted by Gasteiger charge is 2.51. The van der Waals surface area contributed by atoms with Crippen LogP contribution in [0.2, 0.25) is 0 Å². The van der Waals surface area contributed by atoms with Gasteiger partial charge in [0, 0.05) is 51.5 Å². The molecule has 1 aliphatic carbocycles. The molecule has 1 heterocycles. The summed E-state index contributed by atoms with van der Waals surface area (Å²) in [5.74, 6) is -1.95. The molecule has 0 spiro atoms. The van der Waals surface area contributed by atoms with E-state index in [-0.39, 0.29) is 48.7 Å². The van der Waals surface area contributed by atoms with Gasteiger partial charge in [-0.3, -0.25) is 24.2 Å². The predicted octanol–water partition coefficient (Wildman–Crippen LogP) is 2.82. The van der Waals surface area contributed by atoms with Gasteiger partial charge in [0.15, 0.2) is 18.0 Å². The number of aliphatic hydroxyl groups is 1. The third-order valence-corrected chi connectivity index (χ3v) is 6.88. The molecule has 12 heteroatoms. The molecule has 0 saturated carbocycles. The first-order valence-electron chi connectivity index (χ1n) is 11.9. The lowest BCUT2D eigenvalue weighted by atomic mass is 9.75. The fourth-order valence-corrected chi connectivity index (χ4v) is 5.44. The smallest absolute Gasteiger partial charge is 0.303 e. The van der Waals surface area contributed by atoms with Crippen molar-refractivity contribution >= 4 is 41.2 Å². The SMILES string of the molecule is CC(=O)OC[C@H]1O[C@@H](SCCC#N)[C@H](N=C(C)C2=C(O)CC(C)(C)CC2=O)[C@@H](OC(C)=O)[C@@H]1OC(C)=O. The number of thioether (sulfide) groups is 1. The van der Waals surface area contributed by atoms with E-state index in [2.05, 4.69) is 4.99 Å². The highest BCUT2D eigenvalue weighted by molar-refractivity contribution is 7.99. The van der Waals surface area contributed by atoms with Gasteiger partial charge in [-0.25, -0.2) is 0 Å². The first-order chi connectivity index (χ1) is 17.3. The highest BCUT2D eigenvalue weighted by atomic mass is 32.2. The molecule has 1 N–H and O–H groups in total. The maximum absolute atomic E-state index is 12.9. The standard InChI is InChI=1S/C25H34N2O9S/c1-13(20-17(31)10-25(5,6)11-18(20)32)27-21-23(35-16(4)30)22(34-15(3)29)19(12-33-14(2)28)36-24(21)37-9-7-8-26/h19,21-24,31H,7,9-12H2,1-6H3/t19-,21-,22-,23-,24+/m1/s1. The monoisotopic (exact) mass is 538 g/mol. The number of Topliss-reactive ketones (excluding diaryl/α,β-unsaturated/α-hetero) is 1. The minimum atomic E-state index is -1.18. The summed E-state index contributed by atoms with van der Waals surface area (Å²) in [5, 5.41) is 19.7. The molecule has 11 nitrogen and oxygen atoms in total. The molecular formula is C25H34N2O9S. The Morgan fingerprint density at radius 3 is 2.27 bits per heavy atom. The van der Waals surface area contributed by atoms with Crippen LogP contribution in [0, 0.1) is 16.7 Å². The number of rotatable bonds is 9. The van der Waals surface area contributed by atoms with E-state index in [9.17, 15) is 24.3 Å². The Morgan fingerprint density at radius 2 is 1.73 bits per heavy atom. The van der Waals surface area contributed by atoms with E-state index in [0.29, 0.717) is 5.75 Å². The van der Waals surface area contributed by atoms with Crippen molar-refractivity contribution in [2.75, 3.05) is 12.4 Å². The van der Waals surface area contributed by atoms with Gasteiger partial charge in [-0.15, -0.1) is 11.8 Å². The average Bonchev–Trinajstić information content (AvgIpc) is 2.74. The van der Waals surface area contributed by atoms with Crippen LogP contribution in [0.4, 0.5) is 0 Å². The van der Waals surface area contributed by atoms with Gasteiger partial charge < -0.3 is 24.1 Å². The first kappa shape index (κ1) is 30.3. The molecule has 2 rings (SSSR count). The molecule has 1 fully saturated rings. The van der Waals surface area contributed by atoms with Crippen molar-refractivity contribution in [3.8, 4) is 6.07 Å². The molecule has 0 radical (unpaired) electrons. The van der Waals surface area contributed by atoms with Gasteiger partial charge in [0.1, 0.15) is 29.9 Å². The second kappa shape index (κ2) is 13.1. The summed E-state index contributed by atoms with van der Waals surface area (Å²) in [6.07, 6.45) is -2.64. The maximum atomic E-state index is 12.9. The first-order valence-corrected chi connectivity index (χ1v) is 12.9. The second-order valence-corrected chi connectivity index (χ2v) is 10.9. The van der Waals surface area contributed by atoms with Crippen molar-refractivity contribution in [2.45, 2.75) is 90.6 Å². The summed E-state index contributed by atoms with van der Waals surface area (Å²) in [6.45, 7) is 8.62. The number of aliphatic imine (C=N–C) groups is 1. The second-order valence-electron chi connectivity index (χ2n) is 9.74. The molecule has 37 heavy (non-hydrogen) atoms. The van der Waals surface area contributed by atoms with E-state index < -0.39 is 53.1 Å². The Balaban J connectivity index is 2.58. The number of aliphatic hydroxyl groups excluding tert-OH is 1. The van der Waals surface area contributed by atoms with Gasteiger partial charge >= 0.3 is 17.9 Å². The Labute approximate surface area is 220 Å². The van der Waals surface area contributed by atoms with Crippen molar-refractivity contribution in [1.82, 2.24) is 0 Å².